The van der Waals surface area contributed by atoms with Gasteiger partial charge in [-0.05, 0) is 69.9 Å². The molecule has 0 aliphatic heterocycles. The Balaban J connectivity index is 1.51. The molecule has 8 rings (SSSR count). The molecular formula is C41H35N2+. The Labute approximate surface area is 263 Å². The fourth-order valence-electron chi connectivity index (χ4n) is 6.78. The van der Waals surface area contributed by atoms with Gasteiger partial charge < -0.3 is 4.57 Å². The van der Waals surface area contributed by atoms with Crippen molar-refractivity contribution < 1.29 is 15.5 Å². The lowest BCUT2D eigenvalue weighted by Crippen LogP contribution is -2.31. The summed E-state index contributed by atoms with van der Waals surface area (Å²) in [6, 6.07) is 19.7. The van der Waals surface area contributed by atoms with E-state index < -0.39 is 24.2 Å². The molecule has 0 unspecified atom stereocenters. The Kier molecular flexibility index (Phi) is 4.00. The first-order valence-corrected chi connectivity index (χ1v) is 14.5. The number of hydrogen-bond donors (Lipinski definition) is 0. The van der Waals surface area contributed by atoms with Gasteiger partial charge in [0.1, 0.15) is 7.05 Å². The number of para-hydroxylation sites is 2. The lowest BCUT2D eigenvalue weighted by atomic mass is 9.80. The molecule has 2 nitrogen and oxygen atoms in total. The molecular weight excluding hydrogens is 520 g/mol. The molecule has 0 aliphatic rings. The van der Waals surface area contributed by atoms with E-state index in [0.29, 0.717) is 5.69 Å². The van der Waals surface area contributed by atoms with Crippen molar-refractivity contribution in [1.82, 2.24) is 4.57 Å². The van der Waals surface area contributed by atoms with Gasteiger partial charge in [-0.15, -0.1) is 0 Å². The maximum atomic E-state index is 8.99. The Morgan fingerprint density at radius 2 is 1.23 bits per heavy atom. The Hall–Kier alpha value is -4.95. The lowest BCUT2D eigenvalue weighted by Gasteiger charge is -2.24. The first-order valence-electron chi connectivity index (χ1n) is 18.5. The average Bonchev–Trinajstić information content (AvgIpc) is 3.47. The molecule has 0 fully saturated rings. The van der Waals surface area contributed by atoms with Crippen LogP contribution in [0.3, 0.4) is 0 Å². The van der Waals surface area contributed by atoms with E-state index in [0.717, 1.165) is 32.8 Å². The van der Waals surface area contributed by atoms with Crippen LogP contribution in [0.5, 0.6) is 0 Å². The van der Waals surface area contributed by atoms with Crippen molar-refractivity contribution in [3.63, 3.8) is 0 Å². The minimum absolute atomic E-state index is 0.0662. The van der Waals surface area contributed by atoms with E-state index in [-0.39, 0.29) is 51.4 Å². The normalized spacial score (nSPS) is 14.9. The van der Waals surface area contributed by atoms with E-state index in [1.807, 2.05) is 24.3 Å². The average molecular weight is 564 g/mol. The van der Waals surface area contributed by atoms with Crippen LogP contribution in [0.25, 0.3) is 71.1 Å². The fourth-order valence-corrected chi connectivity index (χ4v) is 6.78. The van der Waals surface area contributed by atoms with Gasteiger partial charge in [0.25, 0.3) is 0 Å². The molecule has 0 aliphatic carbocycles. The van der Waals surface area contributed by atoms with Gasteiger partial charge in [-0.1, -0.05) is 99.5 Å². The second kappa shape index (κ2) is 9.28. The highest BCUT2D eigenvalue weighted by Crippen LogP contribution is 2.41. The Bertz CT molecular complexity index is 2770. The zero-order valence-corrected chi connectivity index (χ0v) is 24.8. The summed E-state index contributed by atoms with van der Waals surface area (Å²) >= 11 is 0. The summed E-state index contributed by atoms with van der Waals surface area (Å²) in [5.74, 6) is 0. The molecule has 0 amide bonds. The van der Waals surface area contributed by atoms with Gasteiger partial charge in [0.05, 0.1) is 38.6 Å². The standard InChI is InChI=1S/C41H35N2/c1-26-27-13-6-7-14-30(27)36(41(2,3)4)25-35(26)40-34-22-21-33-28(29(34)23-24-42(40)5)17-12-20-39(33)43-37-18-10-8-15-31(37)32-16-9-11-19-38(32)43/h6-25H,1-5H3/q+1/i8D,9D,10D,11D,15D,16D,18D,19D. The van der Waals surface area contributed by atoms with E-state index >= 15 is 0 Å². The monoisotopic (exact) mass is 563 g/mol. The summed E-state index contributed by atoms with van der Waals surface area (Å²) in [5.41, 5.74) is 5.32. The minimum atomic E-state index is -0.457. The number of fused-ring (bicyclic) bond motifs is 7. The third-order valence-electron chi connectivity index (χ3n) is 8.80. The molecule has 0 bridgehead atoms. The van der Waals surface area contributed by atoms with Crippen molar-refractivity contribution >= 4 is 54.1 Å². The smallest absolute Gasteiger partial charge is 0.220 e. The van der Waals surface area contributed by atoms with Gasteiger partial charge >= 0.3 is 0 Å². The van der Waals surface area contributed by atoms with Gasteiger partial charge in [-0.25, -0.2) is 4.57 Å². The molecule has 0 saturated carbocycles. The van der Waals surface area contributed by atoms with Crippen LogP contribution in [0.4, 0.5) is 0 Å². The molecule has 2 aromatic heterocycles. The number of benzene rings is 6. The maximum absolute atomic E-state index is 8.99. The van der Waals surface area contributed by atoms with Gasteiger partial charge in [-0.3, -0.25) is 0 Å². The number of pyridine rings is 1. The van der Waals surface area contributed by atoms with E-state index in [9.17, 15) is 0 Å². The number of hydrogen-bond acceptors (Lipinski definition) is 0. The molecule has 2 heteroatoms. The Morgan fingerprint density at radius 1 is 0.628 bits per heavy atom. The van der Waals surface area contributed by atoms with Crippen LogP contribution < -0.4 is 4.57 Å². The Morgan fingerprint density at radius 3 is 1.93 bits per heavy atom. The van der Waals surface area contributed by atoms with Crippen LogP contribution in [0.2, 0.25) is 0 Å². The topological polar surface area (TPSA) is 8.81 Å². The summed E-state index contributed by atoms with van der Waals surface area (Å²) in [5, 5.41) is 6.28. The molecule has 0 atom stereocenters. The molecule has 2 heterocycles. The van der Waals surface area contributed by atoms with Gasteiger partial charge in [0.2, 0.25) is 5.69 Å². The van der Waals surface area contributed by atoms with E-state index in [1.54, 1.807) is 4.57 Å². The third kappa shape index (κ3) is 3.76. The van der Waals surface area contributed by atoms with Gasteiger partial charge in [0.15, 0.2) is 6.20 Å². The predicted molar refractivity (Wildman–Crippen MR) is 183 cm³/mol. The highest BCUT2D eigenvalue weighted by atomic mass is 15.0. The van der Waals surface area contributed by atoms with E-state index in [1.165, 1.54) is 21.9 Å². The molecule has 43 heavy (non-hydrogen) atoms. The largest absolute Gasteiger partial charge is 0.309 e. The van der Waals surface area contributed by atoms with Crippen molar-refractivity contribution in [2.45, 2.75) is 33.1 Å². The zero-order valence-electron chi connectivity index (χ0n) is 32.8. The minimum Gasteiger partial charge on any atom is -0.309 e. The highest BCUT2D eigenvalue weighted by molar-refractivity contribution is 6.15. The number of aryl methyl sites for hydroxylation is 2. The maximum Gasteiger partial charge on any atom is 0.220 e. The number of aromatic nitrogens is 2. The highest BCUT2D eigenvalue weighted by Gasteiger charge is 2.25. The predicted octanol–water partition coefficient (Wildman–Crippen LogP) is 10.3. The summed E-state index contributed by atoms with van der Waals surface area (Å²) in [6.45, 7) is 8.89. The van der Waals surface area contributed by atoms with E-state index in [4.69, 9.17) is 11.0 Å². The van der Waals surface area contributed by atoms with Crippen molar-refractivity contribution in [2.24, 2.45) is 7.05 Å². The fraction of sp³-hybridized carbons (Fsp3) is 0.146. The second-order valence-electron chi connectivity index (χ2n) is 12.3. The van der Waals surface area contributed by atoms with Gasteiger partial charge in [-0.2, -0.15) is 0 Å². The lowest BCUT2D eigenvalue weighted by molar-refractivity contribution is -0.659. The molecule has 208 valence electrons. The summed E-state index contributed by atoms with van der Waals surface area (Å²) < 4.78 is 73.3. The van der Waals surface area contributed by atoms with Crippen molar-refractivity contribution in [1.29, 1.82) is 0 Å². The summed E-state index contributed by atoms with van der Waals surface area (Å²) in [4.78, 5) is 0. The third-order valence-corrected chi connectivity index (χ3v) is 8.80. The second-order valence-corrected chi connectivity index (χ2v) is 12.3. The first-order chi connectivity index (χ1) is 24.1. The van der Waals surface area contributed by atoms with Crippen molar-refractivity contribution in [3.05, 3.63) is 132 Å². The summed E-state index contributed by atoms with van der Waals surface area (Å²) in [7, 11) is 2.05. The SMILES string of the molecule is [2H]c1c([2H])c([2H])c2c(c1[2H])c1c([2H])c([2H])c([2H])c([2H])c1n2-c1cccc2c1ccc1c(-c3cc(C(C)(C)C)c4ccccc4c3C)[n+](C)ccc12. The van der Waals surface area contributed by atoms with Crippen molar-refractivity contribution in [3.8, 4) is 16.9 Å². The molecule has 6 aromatic carbocycles. The van der Waals surface area contributed by atoms with Crippen LogP contribution in [0.1, 0.15) is 42.9 Å². The summed E-state index contributed by atoms with van der Waals surface area (Å²) in [6.07, 6.45) is 2.06. The van der Waals surface area contributed by atoms with E-state index in [2.05, 4.69) is 88.0 Å². The van der Waals surface area contributed by atoms with Crippen LogP contribution in [0, 0.1) is 6.92 Å². The molecule has 0 radical (unpaired) electrons. The zero-order chi connectivity index (χ0) is 36.4. The molecule has 0 saturated heterocycles. The van der Waals surface area contributed by atoms with Crippen LogP contribution in [-0.2, 0) is 12.5 Å². The molecule has 0 N–H and O–H groups in total. The van der Waals surface area contributed by atoms with Crippen LogP contribution >= 0.6 is 0 Å². The number of rotatable bonds is 2. The molecule has 8 aromatic rings. The van der Waals surface area contributed by atoms with Crippen LogP contribution in [0.15, 0.2) is 121 Å². The quantitative estimate of drug-likeness (QED) is 0.146. The van der Waals surface area contributed by atoms with Crippen molar-refractivity contribution in [2.75, 3.05) is 0 Å². The van der Waals surface area contributed by atoms with Crippen LogP contribution in [-0.4, -0.2) is 4.57 Å². The molecule has 0 spiro atoms. The van der Waals surface area contributed by atoms with Gasteiger partial charge in [0, 0.05) is 27.6 Å². The number of nitrogens with zero attached hydrogens (tertiary/aromatic N) is 2. The first kappa shape index (κ1) is 18.6.